The number of amides is 14. The first-order valence-electron chi connectivity index (χ1n) is 36.9. The number of guanidine groups is 3. The van der Waals surface area contributed by atoms with Crippen molar-refractivity contribution in [2.75, 3.05) is 57.4 Å². The summed E-state index contributed by atoms with van der Waals surface area (Å²) >= 11 is 0. The molecule has 44 heteroatoms. The molecule has 0 aromatic heterocycles. The highest BCUT2D eigenvalue weighted by atomic mass is 33.1. The zero-order valence-corrected chi connectivity index (χ0v) is 66.2. The Morgan fingerprint density at radius 3 is 1.48 bits per heavy atom. The van der Waals surface area contributed by atoms with Crippen LogP contribution in [0.2, 0.25) is 0 Å². The van der Waals surface area contributed by atoms with E-state index in [1.54, 1.807) is 88.4 Å². The predicted octanol–water partition coefficient (Wildman–Crippen LogP) is -8.39. The van der Waals surface area contributed by atoms with E-state index in [0.717, 1.165) is 21.6 Å². The van der Waals surface area contributed by atoms with E-state index in [1.807, 2.05) is 0 Å². The number of aliphatic carboxylic acids is 1. The monoisotopic (exact) mass is 1640 g/mol. The van der Waals surface area contributed by atoms with Gasteiger partial charge in [0.05, 0.1) is 26.3 Å². The van der Waals surface area contributed by atoms with Crippen LogP contribution in [0.5, 0.6) is 0 Å². The molecule has 114 heavy (non-hydrogen) atoms. The average Bonchev–Trinajstić information content (AvgIpc) is 0.836. The first-order valence-corrected chi connectivity index (χ1v) is 39.4. The minimum absolute atomic E-state index is 0.00757. The van der Waals surface area contributed by atoms with Gasteiger partial charge in [0.2, 0.25) is 82.7 Å². The SMILES string of the molecule is CC[C@H](C)[C@@H]1NC(=O)[C@@H](CCCN=C(N)N)NC(=O)CNC(=O)CNC(=O)[C@@H](Cc2ccccc2)NC(=O)[C@@H](C)NC(=O)[C@H](NC(=O)[C@H](CO)NC(=O)[C@@H](N)CO)CSSC[C@H](C(=O)N[C@H](Cc2ccccc2)C(=O)N[C@H](CCCN=C(N)N)C(=O)O)NC(=O)[C@@H]([C@@H](C)CC)NC(=O)[C@H](CCCN=C(N)N)NC(=O)[C@@H](C)NC1=O. The zero-order chi connectivity index (χ0) is 85.1. The second-order valence-corrected chi connectivity index (χ2v) is 29.4. The number of carboxylic acids is 1. The van der Waals surface area contributed by atoms with Crippen molar-refractivity contribution in [2.45, 2.75) is 184 Å². The molecule has 632 valence electrons. The Kier molecular flexibility index (Phi) is 43.9. The van der Waals surface area contributed by atoms with E-state index in [9.17, 15) is 77.6 Å². The van der Waals surface area contributed by atoms with Crippen LogP contribution in [0.25, 0.3) is 0 Å². The molecule has 2 aromatic rings. The molecule has 3 rings (SSSR count). The van der Waals surface area contributed by atoms with Crippen molar-refractivity contribution in [3.63, 3.8) is 0 Å². The largest absolute Gasteiger partial charge is 0.480 e. The topological polar surface area (TPSA) is 704 Å². The minimum Gasteiger partial charge on any atom is -0.480 e. The smallest absolute Gasteiger partial charge is 0.326 e. The van der Waals surface area contributed by atoms with Gasteiger partial charge in [-0.3, -0.25) is 82.1 Å². The number of aliphatic imine (C=N–C) groups is 3. The third-order valence-electron chi connectivity index (χ3n) is 17.7. The van der Waals surface area contributed by atoms with Gasteiger partial charge >= 0.3 is 5.97 Å². The maximum Gasteiger partial charge on any atom is 0.326 e. The van der Waals surface area contributed by atoms with Crippen molar-refractivity contribution in [3.05, 3.63) is 71.8 Å². The molecule has 31 N–H and O–H groups in total. The number of carboxylic acid groups (broad SMARTS) is 1. The molecule has 0 radical (unpaired) electrons. The molecule has 2 aromatic carbocycles. The Hall–Kier alpha value is -11.1. The van der Waals surface area contributed by atoms with Gasteiger partial charge in [0.25, 0.3) is 0 Å². The number of benzene rings is 2. The van der Waals surface area contributed by atoms with Crippen LogP contribution in [0.3, 0.4) is 0 Å². The lowest BCUT2D eigenvalue weighted by Crippen LogP contribution is -2.61. The molecule has 15 atom stereocenters. The van der Waals surface area contributed by atoms with Gasteiger partial charge < -0.3 is 130 Å². The lowest BCUT2D eigenvalue weighted by Gasteiger charge is -2.30. The van der Waals surface area contributed by atoms with Crippen LogP contribution < -0.4 is 115 Å². The number of nitrogens with two attached hydrogens (primary N) is 7. The molecule has 0 aliphatic carbocycles. The summed E-state index contributed by atoms with van der Waals surface area (Å²) in [4.78, 5) is 223. The Labute approximate surface area is 667 Å². The van der Waals surface area contributed by atoms with Gasteiger partial charge in [-0.25, -0.2) is 4.79 Å². The Balaban J connectivity index is 2.33. The van der Waals surface area contributed by atoms with E-state index in [4.69, 9.17) is 40.1 Å². The fourth-order valence-electron chi connectivity index (χ4n) is 10.7. The second-order valence-electron chi connectivity index (χ2n) is 26.9. The van der Waals surface area contributed by atoms with E-state index in [0.29, 0.717) is 11.1 Å². The Bertz CT molecular complexity index is 3650. The van der Waals surface area contributed by atoms with Crippen molar-refractivity contribution in [3.8, 4) is 0 Å². The van der Waals surface area contributed by atoms with Crippen LogP contribution in [0.15, 0.2) is 75.6 Å². The summed E-state index contributed by atoms with van der Waals surface area (Å²) < 4.78 is 0. The quantitative estimate of drug-likeness (QED) is 0.0144. The number of nitrogens with one attached hydrogen (secondary N) is 14. The van der Waals surface area contributed by atoms with Crippen molar-refractivity contribution < 1.29 is 87.2 Å². The third kappa shape index (κ3) is 36.1. The van der Waals surface area contributed by atoms with Crippen LogP contribution >= 0.6 is 21.6 Å². The summed E-state index contributed by atoms with van der Waals surface area (Å²) in [5.41, 5.74) is 39.8. The summed E-state index contributed by atoms with van der Waals surface area (Å²) in [6.45, 7) is 5.49. The van der Waals surface area contributed by atoms with Crippen molar-refractivity contribution >= 4 is 128 Å². The lowest BCUT2D eigenvalue weighted by molar-refractivity contribution is -0.142. The van der Waals surface area contributed by atoms with E-state index >= 15 is 9.59 Å². The summed E-state index contributed by atoms with van der Waals surface area (Å²) in [5, 5.41) is 65.2. The predicted molar refractivity (Wildman–Crippen MR) is 424 cm³/mol. The van der Waals surface area contributed by atoms with Crippen molar-refractivity contribution in [1.82, 2.24) is 74.4 Å². The number of hydrogen-bond donors (Lipinski definition) is 24. The van der Waals surface area contributed by atoms with Gasteiger partial charge in [0, 0.05) is 44.0 Å². The van der Waals surface area contributed by atoms with Crippen LogP contribution in [0.4, 0.5) is 0 Å². The number of hydrogen-bond acceptors (Lipinski definition) is 23. The standard InChI is InChI=1S/C70H112N24O18S2/c1-7-36(3)53-65(109)84-39(6)55(99)86-44(23-16-26-79-69(74)75)60(104)94-54(37(4)8-2)66(110)92-50(64(108)89-47(29-41-20-13-10-14-21-41)61(105)87-45(67(111)112)24-17-27-80-70(76)77)35-114-113-34-49(91-62(106)48(33-96)90-57(101)42(71)32-95)63(107)83-38(5)56(100)88-46(28-40-18-11-9-12-19-40)58(102)82-30-51(97)81-31-52(98)85-43(59(103)93-53)22-15-25-78-68(72)73/h9-14,18-21,36-39,42-50,53-54,95-96H,7-8,15-17,22-35,71H2,1-6H3,(H,81,97)(H,82,102)(H,83,107)(H,84,109)(H,85,98)(H,86,99)(H,87,105)(H,88,100)(H,89,108)(H,90,101)(H,91,106)(H,92,110)(H,93,103)(H,94,104)(H,111,112)(H4,72,73,78)(H4,74,75,79)(H4,76,77,80)/t36-,37-,38+,39+,42-,43+,44-,45+,46+,47+,48-,49+,50+,53-,54+/m0/s1. The third-order valence-corrected chi connectivity index (χ3v) is 20.1. The first-order chi connectivity index (χ1) is 54.0. The fourth-order valence-corrected chi connectivity index (χ4v) is 13.0. The Morgan fingerprint density at radius 2 is 0.974 bits per heavy atom. The lowest BCUT2D eigenvalue weighted by atomic mass is 9.96. The minimum atomic E-state index is -1.82. The number of nitrogens with zero attached hydrogens (tertiary/aromatic N) is 3. The molecular formula is C70H112N24O18S2. The van der Waals surface area contributed by atoms with Crippen molar-refractivity contribution in [1.29, 1.82) is 0 Å². The van der Waals surface area contributed by atoms with Gasteiger partial charge in [-0.2, -0.15) is 0 Å². The summed E-state index contributed by atoms with van der Waals surface area (Å²) in [6.07, 6.45) is -0.325. The summed E-state index contributed by atoms with van der Waals surface area (Å²) in [5.74, 6) is -18.7. The number of aliphatic hydroxyl groups excluding tert-OH is 2. The van der Waals surface area contributed by atoms with Gasteiger partial charge in [0.15, 0.2) is 17.9 Å². The number of carbonyl (C=O) groups excluding carboxylic acids is 14. The molecule has 0 bridgehead atoms. The van der Waals surface area contributed by atoms with Crippen LogP contribution in [-0.4, -0.2) is 258 Å². The molecule has 0 spiro atoms. The molecule has 1 aliphatic rings. The van der Waals surface area contributed by atoms with Gasteiger partial charge in [0.1, 0.15) is 78.5 Å². The summed E-state index contributed by atoms with van der Waals surface area (Å²) in [6, 6.07) is -3.99. The van der Waals surface area contributed by atoms with E-state index in [2.05, 4.69) is 89.4 Å². The van der Waals surface area contributed by atoms with E-state index in [1.165, 1.54) is 13.8 Å². The van der Waals surface area contributed by atoms with E-state index < -0.39 is 217 Å². The first kappa shape index (κ1) is 97.1. The molecule has 1 fully saturated rings. The second kappa shape index (κ2) is 51.5. The molecule has 1 heterocycles. The molecule has 1 aliphatic heterocycles. The molecule has 0 saturated carbocycles. The molecule has 42 nitrogen and oxygen atoms in total. The highest BCUT2D eigenvalue weighted by molar-refractivity contribution is 8.76. The highest BCUT2D eigenvalue weighted by Crippen LogP contribution is 2.24. The molecular weight excluding hydrogens is 1530 g/mol. The highest BCUT2D eigenvalue weighted by Gasteiger charge is 2.38. The molecule has 1 saturated heterocycles. The number of carbonyl (C=O) groups is 15. The van der Waals surface area contributed by atoms with Crippen LogP contribution in [0, 0.1) is 11.8 Å². The van der Waals surface area contributed by atoms with E-state index in [-0.39, 0.29) is 102 Å². The number of rotatable bonds is 31. The molecule has 14 amide bonds. The van der Waals surface area contributed by atoms with Crippen LogP contribution in [-0.2, 0) is 84.8 Å². The van der Waals surface area contributed by atoms with Crippen LogP contribution in [0.1, 0.15) is 104 Å². The van der Waals surface area contributed by atoms with Gasteiger partial charge in [-0.1, -0.05) is 123 Å². The summed E-state index contributed by atoms with van der Waals surface area (Å²) in [7, 11) is 1.55. The average molecular weight is 1640 g/mol. The zero-order valence-electron chi connectivity index (χ0n) is 64.5. The fraction of sp³-hybridized carbons (Fsp3) is 0.571. The maximum absolute atomic E-state index is 15.1. The maximum atomic E-state index is 15.1. The molecule has 0 unspecified atom stereocenters. The van der Waals surface area contributed by atoms with Gasteiger partial charge in [-0.05, 0) is 75.3 Å². The van der Waals surface area contributed by atoms with Gasteiger partial charge in [-0.15, -0.1) is 0 Å². The number of aliphatic hydroxyl groups is 2. The Morgan fingerprint density at radius 1 is 0.500 bits per heavy atom. The normalized spacial score (nSPS) is 22.2. The van der Waals surface area contributed by atoms with Crippen molar-refractivity contribution in [2.24, 2.45) is 66.9 Å².